The van der Waals surface area contributed by atoms with Gasteiger partial charge in [-0.05, 0) is 56.0 Å². The van der Waals surface area contributed by atoms with Gasteiger partial charge in [0.05, 0.1) is 11.0 Å². The third kappa shape index (κ3) is 4.53. The number of carbonyl (C=O) groups excluding carboxylic acids is 2. The van der Waals surface area contributed by atoms with E-state index in [0.29, 0.717) is 11.3 Å². The lowest BCUT2D eigenvalue weighted by Crippen LogP contribution is -2.26. The Labute approximate surface area is 149 Å². The second-order valence-corrected chi connectivity index (χ2v) is 8.14. The fraction of sp³-hybridized carbons (Fsp3) is 0.381. The zero-order chi connectivity index (χ0) is 18.8. The highest BCUT2D eigenvalue weighted by atomic mass is 16.5. The summed E-state index contributed by atoms with van der Waals surface area (Å²) < 4.78 is 5.53. The van der Waals surface area contributed by atoms with Crippen LogP contribution in [-0.2, 0) is 10.2 Å². The summed E-state index contributed by atoms with van der Waals surface area (Å²) >= 11 is 0. The Kier molecular flexibility index (Phi) is 5.12. The summed E-state index contributed by atoms with van der Waals surface area (Å²) in [6.45, 7) is 11.5. The van der Waals surface area contributed by atoms with E-state index in [1.54, 1.807) is 57.3 Å². The van der Waals surface area contributed by atoms with Gasteiger partial charge in [0, 0.05) is 6.20 Å². The highest BCUT2D eigenvalue weighted by Gasteiger charge is 2.27. The molecule has 0 aliphatic heterocycles. The predicted octanol–water partition coefficient (Wildman–Crippen LogP) is 4.56. The molecule has 0 bridgehead atoms. The molecular formula is C21H25NO3. The van der Waals surface area contributed by atoms with Crippen molar-refractivity contribution in [3.05, 3.63) is 59.4 Å². The van der Waals surface area contributed by atoms with Crippen LogP contribution in [0.2, 0.25) is 0 Å². The van der Waals surface area contributed by atoms with Gasteiger partial charge in [-0.1, -0.05) is 32.9 Å². The van der Waals surface area contributed by atoms with Crippen LogP contribution in [0.5, 0.6) is 5.75 Å². The zero-order valence-corrected chi connectivity index (χ0v) is 15.7. The lowest BCUT2D eigenvalue weighted by Gasteiger charge is -2.22. The number of benzene rings is 1. The summed E-state index contributed by atoms with van der Waals surface area (Å²) in [5.41, 5.74) is 0.868. The lowest BCUT2D eigenvalue weighted by atomic mass is 9.85. The molecule has 0 radical (unpaired) electrons. The molecule has 2 rings (SSSR count). The quantitative estimate of drug-likeness (QED) is 0.467. The number of ketones is 1. The molecule has 0 fully saturated rings. The third-order valence-electron chi connectivity index (χ3n) is 3.80. The molecule has 0 aliphatic rings. The standard InChI is InChI=1S/C21H25NO3/c1-20(2,3)14-10-11-17(25-19(24)21(4,5)6)15(13-14)18(23)16-9-7-8-12-22-16/h7-13H,1-6H3. The SMILES string of the molecule is CC(C)(C)C(=O)Oc1ccc(C(C)(C)C)cc1C(=O)c1ccccn1. The number of rotatable bonds is 3. The van der Waals surface area contributed by atoms with E-state index >= 15 is 0 Å². The van der Waals surface area contributed by atoms with Gasteiger partial charge in [-0.3, -0.25) is 14.6 Å². The molecule has 1 heterocycles. The van der Waals surface area contributed by atoms with Crippen LogP contribution >= 0.6 is 0 Å². The summed E-state index contributed by atoms with van der Waals surface area (Å²) in [7, 11) is 0. The summed E-state index contributed by atoms with van der Waals surface area (Å²) in [6, 6.07) is 10.5. The molecule has 132 valence electrons. The smallest absolute Gasteiger partial charge is 0.316 e. The molecule has 0 unspecified atom stereocenters. The van der Waals surface area contributed by atoms with Crippen LogP contribution in [0.25, 0.3) is 0 Å². The number of esters is 1. The first-order valence-electron chi connectivity index (χ1n) is 8.33. The molecule has 1 aromatic carbocycles. The normalized spacial score (nSPS) is 11.9. The monoisotopic (exact) mass is 339 g/mol. The van der Waals surface area contributed by atoms with E-state index in [2.05, 4.69) is 25.8 Å². The number of pyridine rings is 1. The summed E-state index contributed by atoms with van der Waals surface area (Å²) in [4.78, 5) is 29.3. The Morgan fingerprint density at radius 3 is 2.16 bits per heavy atom. The summed E-state index contributed by atoms with van der Waals surface area (Å²) in [6.07, 6.45) is 1.57. The lowest BCUT2D eigenvalue weighted by molar-refractivity contribution is -0.143. The Hall–Kier alpha value is -2.49. The maximum absolute atomic E-state index is 12.9. The topological polar surface area (TPSA) is 56.3 Å². The van der Waals surface area contributed by atoms with Gasteiger partial charge in [-0.2, -0.15) is 0 Å². The maximum Gasteiger partial charge on any atom is 0.316 e. The Morgan fingerprint density at radius 1 is 0.960 bits per heavy atom. The molecule has 0 aliphatic carbocycles. The van der Waals surface area contributed by atoms with Gasteiger partial charge < -0.3 is 4.74 Å². The molecule has 0 N–H and O–H groups in total. The van der Waals surface area contributed by atoms with Crippen LogP contribution < -0.4 is 4.74 Å². The highest BCUT2D eigenvalue weighted by molar-refractivity contribution is 6.10. The van der Waals surface area contributed by atoms with E-state index in [0.717, 1.165) is 5.56 Å². The molecule has 4 heteroatoms. The molecule has 0 spiro atoms. The highest BCUT2D eigenvalue weighted by Crippen LogP contribution is 2.30. The van der Waals surface area contributed by atoms with Crippen LogP contribution in [0, 0.1) is 5.41 Å². The van der Waals surface area contributed by atoms with Crippen LogP contribution in [0.15, 0.2) is 42.6 Å². The zero-order valence-electron chi connectivity index (χ0n) is 15.7. The number of carbonyl (C=O) groups is 2. The van der Waals surface area contributed by atoms with Gasteiger partial charge in [0.25, 0.3) is 0 Å². The Morgan fingerprint density at radius 2 is 1.64 bits per heavy atom. The van der Waals surface area contributed by atoms with E-state index in [1.165, 1.54) is 0 Å². The van der Waals surface area contributed by atoms with Crippen molar-refractivity contribution in [2.45, 2.75) is 47.0 Å². The molecule has 0 saturated carbocycles. The minimum Gasteiger partial charge on any atom is -0.425 e. The summed E-state index contributed by atoms with van der Waals surface area (Å²) in [5.74, 6) is -0.377. The molecule has 25 heavy (non-hydrogen) atoms. The van der Waals surface area contributed by atoms with Crippen molar-refractivity contribution >= 4 is 11.8 Å². The van der Waals surface area contributed by atoms with E-state index in [9.17, 15) is 9.59 Å². The van der Waals surface area contributed by atoms with Crippen molar-refractivity contribution in [1.29, 1.82) is 0 Å². The number of hydrogen-bond donors (Lipinski definition) is 0. The molecule has 4 nitrogen and oxygen atoms in total. The number of nitrogens with zero attached hydrogens (tertiary/aromatic N) is 1. The van der Waals surface area contributed by atoms with Gasteiger partial charge in [0.1, 0.15) is 11.4 Å². The van der Waals surface area contributed by atoms with Gasteiger partial charge in [0.15, 0.2) is 0 Å². The Bertz CT molecular complexity index is 781. The van der Waals surface area contributed by atoms with Crippen molar-refractivity contribution in [2.24, 2.45) is 5.41 Å². The van der Waals surface area contributed by atoms with Crippen LogP contribution in [0.3, 0.4) is 0 Å². The molecular weight excluding hydrogens is 314 g/mol. The largest absolute Gasteiger partial charge is 0.425 e. The van der Waals surface area contributed by atoms with Crippen LogP contribution in [0.4, 0.5) is 0 Å². The van der Waals surface area contributed by atoms with E-state index in [1.807, 2.05) is 6.07 Å². The van der Waals surface area contributed by atoms with Crippen molar-refractivity contribution < 1.29 is 14.3 Å². The van der Waals surface area contributed by atoms with E-state index in [-0.39, 0.29) is 22.9 Å². The average molecular weight is 339 g/mol. The maximum atomic E-state index is 12.9. The van der Waals surface area contributed by atoms with Gasteiger partial charge in [0.2, 0.25) is 5.78 Å². The van der Waals surface area contributed by atoms with Gasteiger partial charge >= 0.3 is 5.97 Å². The minimum absolute atomic E-state index is 0.133. The second-order valence-electron chi connectivity index (χ2n) is 8.14. The van der Waals surface area contributed by atoms with Gasteiger partial charge in [-0.25, -0.2) is 0 Å². The average Bonchev–Trinajstić information content (AvgIpc) is 2.53. The van der Waals surface area contributed by atoms with Crippen molar-refractivity contribution in [3.63, 3.8) is 0 Å². The molecule has 1 aromatic heterocycles. The van der Waals surface area contributed by atoms with E-state index < -0.39 is 5.41 Å². The first-order chi connectivity index (χ1) is 11.5. The van der Waals surface area contributed by atoms with E-state index in [4.69, 9.17) is 4.74 Å². The first-order valence-corrected chi connectivity index (χ1v) is 8.33. The summed E-state index contributed by atoms with van der Waals surface area (Å²) in [5, 5.41) is 0. The molecule has 0 atom stereocenters. The van der Waals surface area contributed by atoms with Crippen molar-refractivity contribution in [3.8, 4) is 5.75 Å². The third-order valence-corrected chi connectivity index (χ3v) is 3.80. The molecule has 0 amide bonds. The van der Waals surface area contributed by atoms with Crippen molar-refractivity contribution in [1.82, 2.24) is 4.98 Å². The van der Waals surface area contributed by atoms with Crippen LogP contribution in [0.1, 0.15) is 63.2 Å². The number of hydrogen-bond acceptors (Lipinski definition) is 4. The minimum atomic E-state index is -0.659. The molecule has 2 aromatic rings. The fourth-order valence-corrected chi connectivity index (χ4v) is 2.15. The number of aromatic nitrogens is 1. The van der Waals surface area contributed by atoms with Gasteiger partial charge in [-0.15, -0.1) is 0 Å². The first kappa shape index (κ1) is 18.8. The predicted molar refractivity (Wildman–Crippen MR) is 97.9 cm³/mol. The number of ether oxygens (including phenoxy) is 1. The van der Waals surface area contributed by atoms with Crippen molar-refractivity contribution in [2.75, 3.05) is 0 Å². The second kappa shape index (κ2) is 6.79. The van der Waals surface area contributed by atoms with Crippen LogP contribution in [-0.4, -0.2) is 16.7 Å². The Balaban J connectivity index is 2.52. The molecule has 0 saturated heterocycles. The fourth-order valence-electron chi connectivity index (χ4n) is 2.15.